The summed E-state index contributed by atoms with van der Waals surface area (Å²) < 4.78 is 50.0. The van der Waals surface area contributed by atoms with Crippen molar-refractivity contribution < 1.29 is 27.5 Å². The van der Waals surface area contributed by atoms with E-state index in [2.05, 4.69) is 10.3 Å². The predicted molar refractivity (Wildman–Crippen MR) is 85.0 cm³/mol. The van der Waals surface area contributed by atoms with Gasteiger partial charge in [0.15, 0.2) is 11.2 Å². The minimum Gasteiger partial charge on any atom is -0.382 e. The van der Waals surface area contributed by atoms with Crippen LogP contribution in [0.4, 0.5) is 27.5 Å². The number of aromatic nitrogens is 1. The number of nitrogens with one attached hydrogen (secondary N) is 1. The molecule has 136 valence electrons. The molecule has 25 heavy (non-hydrogen) atoms. The molecule has 0 aliphatic carbocycles. The highest BCUT2D eigenvalue weighted by molar-refractivity contribution is 7.15. The maximum absolute atomic E-state index is 13.1. The van der Waals surface area contributed by atoms with Crippen LogP contribution in [0.1, 0.15) is 10.4 Å². The highest BCUT2D eigenvalue weighted by Crippen LogP contribution is 2.23. The summed E-state index contributed by atoms with van der Waals surface area (Å²) in [6.07, 6.45) is -5.51. The van der Waals surface area contributed by atoms with Crippen molar-refractivity contribution in [1.82, 2.24) is 9.88 Å². The van der Waals surface area contributed by atoms with Crippen LogP contribution < -0.4 is 5.32 Å². The van der Waals surface area contributed by atoms with E-state index in [1.807, 2.05) is 0 Å². The normalized spacial score (nSPS) is 12.7. The number of urea groups is 1. The maximum atomic E-state index is 13.1. The van der Waals surface area contributed by atoms with Crippen LogP contribution in [0, 0.1) is 5.82 Å². The summed E-state index contributed by atoms with van der Waals surface area (Å²) in [5.41, 5.74) is 0.729. The number of alkyl halides is 3. The van der Waals surface area contributed by atoms with Gasteiger partial charge in [0.2, 0.25) is 0 Å². The summed E-state index contributed by atoms with van der Waals surface area (Å²) >= 11 is 1.13. The van der Waals surface area contributed by atoms with Crippen LogP contribution in [0.25, 0.3) is 0 Å². The minimum atomic E-state index is -4.80. The van der Waals surface area contributed by atoms with E-state index < -0.39 is 24.9 Å². The second-order valence-corrected chi connectivity index (χ2v) is 6.42. The first kappa shape index (κ1) is 19.1. The molecular weight excluding hydrogens is 362 g/mol. The molecule has 2 N–H and O–H groups in total. The second-order valence-electron chi connectivity index (χ2n) is 5.31. The number of rotatable bonds is 5. The Bertz CT molecular complexity index is 736. The van der Waals surface area contributed by atoms with Crippen LogP contribution in [-0.4, -0.2) is 46.9 Å². The van der Waals surface area contributed by atoms with Gasteiger partial charge in [0.05, 0.1) is 6.54 Å². The molecule has 0 spiro atoms. The van der Waals surface area contributed by atoms with Crippen molar-refractivity contribution in [3.63, 3.8) is 0 Å². The van der Waals surface area contributed by atoms with Crippen LogP contribution in [0.2, 0.25) is 0 Å². The van der Waals surface area contributed by atoms with Gasteiger partial charge in [0.25, 0.3) is 0 Å². The predicted octanol–water partition coefficient (Wildman–Crippen LogP) is 3.26. The number of halogens is 4. The Labute approximate surface area is 144 Å². The molecule has 0 saturated carbocycles. The Morgan fingerprint density at radius 3 is 2.80 bits per heavy atom. The number of hydrogen-bond donors (Lipinski definition) is 2. The first-order chi connectivity index (χ1) is 11.6. The highest BCUT2D eigenvalue weighted by Gasteiger charge is 2.39. The van der Waals surface area contributed by atoms with Gasteiger partial charge in [-0.1, -0.05) is 12.1 Å². The number of thiazole rings is 1. The van der Waals surface area contributed by atoms with Gasteiger partial charge in [-0.25, -0.2) is 14.2 Å². The van der Waals surface area contributed by atoms with E-state index in [4.69, 9.17) is 5.11 Å². The number of likely N-dealkylation sites (N-methyl/N-ethyl adjacent to an activating group) is 1. The summed E-state index contributed by atoms with van der Waals surface area (Å²) in [4.78, 5) is 17.3. The second kappa shape index (κ2) is 7.79. The fourth-order valence-electron chi connectivity index (χ4n) is 1.93. The highest BCUT2D eigenvalue weighted by atomic mass is 32.1. The Morgan fingerprint density at radius 1 is 1.44 bits per heavy atom. The number of anilines is 1. The quantitative estimate of drug-likeness (QED) is 0.786. The van der Waals surface area contributed by atoms with E-state index in [9.17, 15) is 22.4 Å². The van der Waals surface area contributed by atoms with Crippen LogP contribution in [0.15, 0.2) is 30.5 Å². The summed E-state index contributed by atoms with van der Waals surface area (Å²) in [7, 11) is 1.13. The van der Waals surface area contributed by atoms with Gasteiger partial charge >= 0.3 is 12.2 Å². The van der Waals surface area contributed by atoms with Crippen LogP contribution >= 0.6 is 11.3 Å². The minimum absolute atomic E-state index is 0.199. The molecule has 0 radical (unpaired) electrons. The lowest BCUT2D eigenvalue weighted by Crippen LogP contribution is -2.43. The number of benzene rings is 1. The third kappa shape index (κ3) is 5.68. The molecule has 10 heteroatoms. The molecule has 1 aromatic heterocycles. The van der Waals surface area contributed by atoms with Crippen molar-refractivity contribution >= 4 is 22.5 Å². The van der Waals surface area contributed by atoms with Crippen molar-refractivity contribution in [3.05, 3.63) is 46.7 Å². The Balaban J connectivity index is 1.93. The van der Waals surface area contributed by atoms with E-state index in [0.717, 1.165) is 28.8 Å². The molecule has 2 amide bonds. The fraction of sp³-hybridized carbons (Fsp3) is 0.333. The van der Waals surface area contributed by atoms with E-state index in [1.54, 1.807) is 12.1 Å². The van der Waals surface area contributed by atoms with Gasteiger partial charge in [-0.2, -0.15) is 13.2 Å². The van der Waals surface area contributed by atoms with Crippen molar-refractivity contribution in [1.29, 1.82) is 0 Å². The SMILES string of the molecule is CN(CC(O)C(F)(F)F)C(=O)Nc1ncc(Cc2cccc(F)c2)s1. The number of nitrogens with zero attached hydrogens (tertiary/aromatic N) is 2. The topological polar surface area (TPSA) is 65.5 Å². The van der Waals surface area contributed by atoms with E-state index in [0.29, 0.717) is 11.3 Å². The molecule has 1 aromatic carbocycles. The number of carbonyl (C=O) groups excluding carboxylic acids is 1. The first-order valence-corrected chi connectivity index (χ1v) is 7.93. The molecule has 0 bridgehead atoms. The first-order valence-electron chi connectivity index (χ1n) is 7.11. The summed E-state index contributed by atoms with van der Waals surface area (Å²) in [6, 6.07) is 5.20. The lowest BCUT2D eigenvalue weighted by atomic mass is 10.1. The molecule has 0 aliphatic heterocycles. The average Bonchev–Trinajstić information content (AvgIpc) is 2.93. The molecular formula is C15H15F4N3O2S. The number of aliphatic hydroxyl groups is 1. The van der Waals surface area contributed by atoms with E-state index in [1.165, 1.54) is 18.3 Å². The third-order valence-corrected chi connectivity index (χ3v) is 4.12. The van der Waals surface area contributed by atoms with Crippen molar-refractivity contribution in [3.8, 4) is 0 Å². The third-order valence-electron chi connectivity index (χ3n) is 3.21. The fourth-order valence-corrected chi connectivity index (χ4v) is 2.76. The molecule has 2 aromatic rings. The molecule has 5 nitrogen and oxygen atoms in total. The van der Waals surface area contributed by atoms with E-state index >= 15 is 0 Å². The molecule has 1 atom stereocenters. The van der Waals surface area contributed by atoms with Gasteiger partial charge in [0, 0.05) is 24.5 Å². The van der Waals surface area contributed by atoms with Gasteiger partial charge in [-0.15, -0.1) is 11.3 Å². The molecule has 0 saturated heterocycles. The van der Waals surface area contributed by atoms with Crippen LogP contribution in [0.5, 0.6) is 0 Å². The molecule has 2 rings (SSSR count). The van der Waals surface area contributed by atoms with Crippen molar-refractivity contribution in [2.45, 2.75) is 18.7 Å². The monoisotopic (exact) mass is 377 g/mol. The van der Waals surface area contributed by atoms with Crippen molar-refractivity contribution in [2.75, 3.05) is 18.9 Å². The number of carbonyl (C=O) groups is 1. The van der Waals surface area contributed by atoms with Gasteiger partial charge < -0.3 is 10.0 Å². The smallest absolute Gasteiger partial charge is 0.382 e. The zero-order valence-corrected chi connectivity index (χ0v) is 13.9. The number of amides is 2. The largest absolute Gasteiger partial charge is 0.416 e. The summed E-state index contributed by atoms with van der Waals surface area (Å²) in [6.45, 7) is -0.892. The Hall–Kier alpha value is -2.20. The van der Waals surface area contributed by atoms with Crippen LogP contribution in [-0.2, 0) is 6.42 Å². The average molecular weight is 377 g/mol. The summed E-state index contributed by atoms with van der Waals surface area (Å²) in [5.74, 6) is -0.361. The standard InChI is InChI=1S/C15H15F4N3O2S/c1-22(8-12(23)15(17,18)19)14(24)21-13-20-7-11(25-13)6-9-3-2-4-10(16)5-9/h2-5,7,12,23H,6,8H2,1H3,(H,20,21,24). The van der Waals surface area contributed by atoms with Crippen LogP contribution in [0.3, 0.4) is 0 Å². The molecule has 0 fully saturated rings. The lowest BCUT2D eigenvalue weighted by Gasteiger charge is -2.22. The van der Waals surface area contributed by atoms with Gasteiger partial charge in [0.1, 0.15) is 5.82 Å². The van der Waals surface area contributed by atoms with Gasteiger partial charge in [-0.3, -0.25) is 5.32 Å². The molecule has 1 heterocycles. The molecule has 1 unspecified atom stereocenters. The van der Waals surface area contributed by atoms with Crippen molar-refractivity contribution in [2.24, 2.45) is 0 Å². The Morgan fingerprint density at radius 2 is 2.16 bits per heavy atom. The Kier molecular flexibility index (Phi) is 5.96. The lowest BCUT2D eigenvalue weighted by molar-refractivity contribution is -0.205. The summed E-state index contributed by atoms with van der Waals surface area (Å²) in [5, 5.41) is 11.5. The molecule has 0 aliphatic rings. The zero-order valence-electron chi connectivity index (χ0n) is 13.0. The number of hydrogen-bond acceptors (Lipinski definition) is 4. The maximum Gasteiger partial charge on any atom is 0.416 e. The van der Waals surface area contributed by atoms with E-state index in [-0.39, 0.29) is 10.9 Å². The van der Waals surface area contributed by atoms with Gasteiger partial charge in [-0.05, 0) is 17.7 Å². The zero-order chi connectivity index (χ0) is 18.6. The number of aliphatic hydroxyl groups excluding tert-OH is 1.